The smallest absolute Gasteiger partial charge is 0.338 e. The highest BCUT2D eigenvalue weighted by atomic mass is 16.5. The summed E-state index contributed by atoms with van der Waals surface area (Å²) in [5.74, 6) is -0.0724. The van der Waals surface area contributed by atoms with Crippen molar-refractivity contribution >= 4 is 17.8 Å². The molecule has 0 aliphatic carbocycles. The molecule has 0 saturated carbocycles. The highest BCUT2D eigenvalue weighted by molar-refractivity contribution is 5.91. The number of carbonyl (C=O) groups excluding carboxylic acids is 3. The lowest BCUT2D eigenvalue weighted by Gasteiger charge is -2.32. The lowest BCUT2D eigenvalue weighted by atomic mass is 10.1. The zero-order valence-corrected chi connectivity index (χ0v) is 20.7. The maximum Gasteiger partial charge on any atom is 0.338 e. The zero-order valence-electron chi connectivity index (χ0n) is 20.7. The van der Waals surface area contributed by atoms with Crippen molar-refractivity contribution in [1.29, 1.82) is 0 Å². The van der Waals surface area contributed by atoms with Crippen molar-refractivity contribution in [3.8, 4) is 11.5 Å². The van der Waals surface area contributed by atoms with E-state index >= 15 is 0 Å². The molecule has 0 bridgehead atoms. The summed E-state index contributed by atoms with van der Waals surface area (Å²) in [4.78, 5) is 39.6. The summed E-state index contributed by atoms with van der Waals surface area (Å²) < 4.78 is 16.1. The topological polar surface area (TPSA) is 94.2 Å². The Kier molecular flexibility index (Phi) is 9.47. The summed E-state index contributed by atoms with van der Waals surface area (Å²) in [6.45, 7) is 6.92. The van der Waals surface area contributed by atoms with Crippen LogP contribution in [0.4, 0.5) is 0 Å². The summed E-state index contributed by atoms with van der Waals surface area (Å²) in [6.07, 6.45) is 0.464. The van der Waals surface area contributed by atoms with Crippen molar-refractivity contribution in [3.05, 3.63) is 59.7 Å². The Bertz CT molecular complexity index is 985. The predicted octanol–water partition coefficient (Wildman–Crippen LogP) is 3.24. The molecule has 2 rings (SSSR count). The van der Waals surface area contributed by atoms with Crippen molar-refractivity contribution in [3.63, 3.8) is 0 Å². The summed E-state index contributed by atoms with van der Waals surface area (Å²) >= 11 is 0. The summed E-state index contributed by atoms with van der Waals surface area (Å²) in [5.41, 5.74) is 0.752. The largest absolute Gasteiger partial charge is 0.493 e. The van der Waals surface area contributed by atoms with Gasteiger partial charge >= 0.3 is 5.97 Å². The van der Waals surface area contributed by atoms with Crippen LogP contribution in [0.3, 0.4) is 0 Å². The van der Waals surface area contributed by atoms with Crippen LogP contribution in [0.1, 0.15) is 43.6 Å². The third-order valence-corrected chi connectivity index (χ3v) is 5.05. The Morgan fingerprint density at radius 1 is 0.971 bits per heavy atom. The van der Waals surface area contributed by atoms with Gasteiger partial charge in [0, 0.05) is 19.0 Å². The molecule has 0 heterocycles. The minimum absolute atomic E-state index is 0.246. The van der Waals surface area contributed by atoms with Crippen LogP contribution in [0.15, 0.2) is 48.5 Å². The van der Waals surface area contributed by atoms with E-state index in [1.165, 1.54) is 11.8 Å². The van der Waals surface area contributed by atoms with Crippen molar-refractivity contribution in [2.24, 2.45) is 0 Å². The second-order valence-corrected chi connectivity index (χ2v) is 8.87. The van der Waals surface area contributed by atoms with E-state index in [0.29, 0.717) is 23.5 Å². The number of nitrogens with zero attached hydrogens (tertiary/aromatic N) is 1. The van der Waals surface area contributed by atoms with E-state index < -0.39 is 23.5 Å². The molecule has 0 spiro atoms. The van der Waals surface area contributed by atoms with Crippen molar-refractivity contribution < 1.29 is 28.6 Å². The number of hydrogen-bond acceptors (Lipinski definition) is 6. The average Bonchev–Trinajstić information content (AvgIpc) is 2.79. The molecule has 184 valence electrons. The Morgan fingerprint density at radius 3 is 2.18 bits per heavy atom. The third kappa shape index (κ3) is 7.79. The molecule has 0 aliphatic rings. The van der Waals surface area contributed by atoms with Crippen LogP contribution in [0.25, 0.3) is 0 Å². The molecule has 0 fully saturated rings. The summed E-state index contributed by atoms with van der Waals surface area (Å²) in [6, 6.07) is 13.0. The van der Waals surface area contributed by atoms with Crippen molar-refractivity contribution in [1.82, 2.24) is 10.2 Å². The molecule has 8 heteroatoms. The predicted molar refractivity (Wildman–Crippen MR) is 129 cm³/mol. The van der Waals surface area contributed by atoms with E-state index in [0.717, 1.165) is 5.56 Å². The number of methoxy groups -OCH3 is 2. The van der Waals surface area contributed by atoms with Gasteiger partial charge in [-0.05, 0) is 57.0 Å². The summed E-state index contributed by atoms with van der Waals surface area (Å²) in [5, 5.41) is 2.89. The normalized spacial score (nSPS) is 11.8. The fourth-order valence-corrected chi connectivity index (χ4v) is 3.39. The lowest BCUT2D eigenvalue weighted by Crippen LogP contribution is -2.55. The minimum Gasteiger partial charge on any atom is -0.493 e. The van der Waals surface area contributed by atoms with Gasteiger partial charge in [-0.1, -0.05) is 24.3 Å². The van der Waals surface area contributed by atoms with Gasteiger partial charge in [-0.2, -0.15) is 0 Å². The minimum atomic E-state index is -0.982. The Morgan fingerprint density at radius 2 is 1.62 bits per heavy atom. The Labute approximate surface area is 201 Å². The number of nitrogens with one attached hydrogen (secondary N) is 1. The highest BCUT2D eigenvalue weighted by Gasteiger charge is 2.31. The number of amides is 2. The first kappa shape index (κ1) is 26.7. The molecule has 1 unspecified atom stereocenters. The SMILES string of the molecule is COc1ccc(CCN(C(C)=O)C(COC(=O)c2ccccc2)C(=O)NC(C)(C)C)cc1OC. The van der Waals surface area contributed by atoms with Crippen LogP contribution < -0.4 is 14.8 Å². The molecule has 2 aromatic rings. The highest BCUT2D eigenvalue weighted by Crippen LogP contribution is 2.27. The van der Waals surface area contributed by atoms with Gasteiger partial charge in [0.15, 0.2) is 11.5 Å². The van der Waals surface area contributed by atoms with E-state index in [2.05, 4.69) is 5.32 Å². The Balaban J connectivity index is 2.22. The van der Waals surface area contributed by atoms with Gasteiger partial charge in [0.25, 0.3) is 0 Å². The lowest BCUT2D eigenvalue weighted by molar-refractivity contribution is -0.141. The van der Waals surface area contributed by atoms with Gasteiger partial charge < -0.3 is 24.4 Å². The molecular formula is C26H34N2O6. The second kappa shape index (κ2) is 12.1. The molecule has 2 amide bonds. The van der Waals surface area contributed by atoms with E-state index in [4.69, 9.17) is 14.2 Å². The molecule has 34 heavy (non-hydrogen) atoms. The summed E-state index contributed by atoms with van der Waals surface area (Å²) in [7, 11) is 3.11. The van der Waals surface area contributed by atoms with Gasteiger partial charge in [-0.3, -0.25) is 9.59 Å². The average molecular weight is 471 g/mol. The fourth-order valence-electron chi connectivity index (χ4n) is 3.39. The second-order valence-electron chi connectivity index (χ2n) is 8.87. The number of ether oxygens (including phenoxy) is 3. The number of hydrogen-bond donors (Lipinski definition) is 1. The monoisotopic (exact) mass is 470 g/mol. The van der Waals surface area contributed by atoms with Gasteiger partial charge in [0.05, 0.1) is 19.8 Å². The van der Waals surface area contributed by atoms with Crippen LogP contribution in [-0.4, -0.2) is 61.6 Å². The maximum atomic E-state index is 13.1. The molecule has 0 radical (unpaired) electrons. The molecule has 2 aromatic carbocycles. The number of carbonyl (C=O) groups is 3. The number of rotatable bonds is 10. The first-order valence-corrected chi connectivity index (χ1v) is 11.1. The standard InChI is InChI=1S/C26H34N2O6/c1-18(29)28(15-14-19-12-13-22(32-5)23(16-19)33-6)21(24(30)27-26(2,3)4)17-34-25(31)20-10-8-7-9-11-20/h7-13,16,21H,14-15,17H2,1-6H3,(H,27,30). The van der Waals surface area contributed by atoms with Gasteiger partial charge in [-0.15, -0.1) is 0 Å². The van der Waals surface area contributed by atoms with E-state index in [9.17, 15) is 14.4 Å². The quantitative estimate of drug-likeness (QED) is 0.536. The Hall–Kier alpha value is -3.55. The molecule has 0 saturated heterocycles. The van der Waals surface area contributed by atoms with Crippen molar-refractivity contribution in [2.45, 2.75) is 45.7 Å². The van der Waals surface area contributed by atoms with Crippen LogP contribution in [0.2, 0.25) is 0 Å². The third-order valence-electron chi connectivity index (χ3n) is 5.05. The zero-order chi connectivity index (χ0) is 25.3. The molecule has 0 aromatic heterocycles. The molecule has 0 aliphatic heterocycles. The molecular weight excluding hydrogens is 436 g/mol. The first-order chi connectivity index (χ1) is 16.1. The van der Waals surface area contributed by atoms with Crippen molar-refractivity contribution in [2.75, 3.05) is 27.4 Å². The van der Waals surface area contributed by atoms with Crippen LogP contribution >= 0.6 is 0 Å². The van der Waals surface area contributed by atoms with E-state index in [-0.39, 0.29) is 19.1 Å². The molecule has 1 atom stereocenters. The van der Waals surface area contributed by atoms with Gasteiger partial charge in [0.2, 0.25) is 11.8 Å². The van der Waals surface area contributed by atoms with Crippen LogP contribution in [-0.2, 0) is 20.7 Å². The number of benzene rings is 2. The molecule has 8 nitrogen and oxygen atoms in total. The van der Waals surface area contributed by atoms with Crippen LogP contribution in [0.5, 0.6) is 11.5 Å². The van der Waals surface area contributed by atoms with Gasteiger partial charge in [-0.25, -0.2) is 4.79 Å². The van der Waals surface area contributed by atoms with Crippen LogP contribution in [0, 0.1) is 0 Å². The maximum absolute atomic E-state index is 13.1. The van der Waals surface area contributed by atoms with E-state index in [1.54, 1.807) is 50.6 Å². The number of esters is 1. The molecule has 1 N–H and O–H groups in total. The first-order valence-electron chi connectivity index (χ1n) is 11.1. The van der Waals surface area contributed by atoms with E-state index in [1.807, 2.05) is 32.9 Å². The fraction of sp³-hybridized carbons (Fsp3) is 0.423. The van der Waals surface area contributed by atoms with Gasteiger partial charge in [0.1, 0.15) is 12.6 Å².